The molecule has 0 saturated carbocycles. The molecule has 1 N–H and O–H groups in total. The summed E-state index contributed by atoms with van der Waals surface area (Å²) in [5.74, 6) is -0.157. The van der Waals surface area contributed by atoms with Gasteiger partial charge >= 0.3 is 0 Å². The molecule has 3 nitrogen and oxygen atoms in total. The highest BCUT2D eigenvalue weighted by Crippen LogP contribution is 2.47. The van der Waals surface area contributed by atoms with Gasteiger partial charge in [-0.05, 0) is 63.5 Å². The van der Waals surface area contributed by atoms with Crippen LogP contribution in [-0.4, -0.2) is 28.9 Å². The molecule has 0 radical (unpaired) electrons. The Kier molecular flexibility index (Phi) is 8.06. The summed E-state index contributed by atoms with van der Waals surface area (Å²) in [5, 5.41) is 3.46. The number of hydrogen-bond donors (Lipinski definition) is 1. The summed E-state index contributed by atoms with van der Waals surface area (Å²) in [6.07, 6.45) is 10.8. The van der Waals surface area contributed by atoms with Crippen LogP contribution in [0.25, 0.3) is 0 Å². The van der Waals surface area contributed by atoms with Crippen LogP contribution in [-0.2, 0) is 6.54 Å². The molecule has 4 heteroatoms. The summed E-state index contributed by atoms with van der Waals surface area (Å²) >= 11 is 0. The molecule has 0 aromatic heterocycles. The summed E-state index contributed by atoms with van der Waals surface area (Å²) in [4.78, 5) is 4.92. The van der Waals surface area contributed by atoms with Crippen LogP contribution in [0.4, 0.5) is 4.39 Å². The van der Waals surface area contributed by atoms with Crippen molar-refractivity contribution in [1.29, 1.82) is 0 Å². The fourth-order valence-electron chi connectivity index (χ4n) is 5.81. The normalized spacial score (nSPS) is 21.0. The van der Waals surface area contributed by atoms with Crippen LogP contribution < -0.4 is 5.32 Å². The van der Waals surface area contributed by atoms with Crippen LogP contribution in [0.1, 0.15) is 63.5 Å². The minimum atomic E-state index is -0.157. The van der Waals surface area contributed by atoms with E-state index in [1.54, 1.807) is 13.0 Å². The highest BCUT2D eigenvalue weighted by Gasteiger charge is 2.39. The molecule has 36 heavy (non-hydrogen) atoms. The first-order valence-corrected chi connectivity index (χ1v) is 13.3. The van der Waals surface area contributed by atoms with E-state index in [1.807, 2.05) is 18.2 Å². The fourth-order valence-corrected chi connectivity index (χ4v) is 5.81. The molecule has 0 amide bonds. The lowest BCUT2D eigenvalue weighted by Gasteiger charge is -2.41. The first kappa shape index (κ1) is 25.9. The number of nitrogens with zero attached hydrogens (tertiary/aromatic N) is 2. The second-order valence-electron chi connectivity index (χ2n) is 10.0. The Morgan fingerprint density at radius 2 is 2.00 bits per heavy atom. The largest absolute Gasteiger partial charge is 0.381 e. The maximum Gasteiger partial charge on any atom is 0.131 e. The van der Waals surface area contributed by atoms with Crippen LogP contribution in [0.3, 0.4) is 0 Å². The molecule has 3 aliphatic rings. The minimum Gasteiger partial charge on any atom is -0.381 e. The molecular formula is C32H40FN3. The molecule has 4 rings (SSSR count). The molecule has 0 bridgehead atoms. The van der Waals surface area contributed by atoms with E-state index in [-0.39, 0.29) is 5.82 Å². The molecule has 1 unspecified atom stereocenters. The Morgan fingerprint density at radius 3 is 2.67 bits per heavy atom. The van der Waals surface area contributed by atoms with Gasteiger partial charge in [-0.25, -0.2) is 4.39 Å². The molecule has 0 spiro atoms. The number of halogens is 1. The molecule has 1 atom stereocenters. The number of fused-ring (bicyclic) bond motifs is 1. The van der Waals surface area contributed by atoms with E-state index in [9.17, 15) is 4.39 Å². The first-order valence-electron chi connectivity index (χ1n) is 13.3. The number of rotatable bonds is 8. The Labute approximate surface area is 216 Å². The van der Waals surface area contributed by atoms with E-state index >= 15 is 0 Å². The minimum absolute atomic E-state index is 0.157. The lowest BCUT2D eigenvalue weighted by atomic mass is 9.86. The zero-order valence-corrected chi connectivity index (χ0v) is 22.2. The summed E-state index contributed by atoms with van der Waals surface area (Å²) in [7, 11) is 0. The van der Waals surface area contributed by atoms with Crippen LogP contribution in [0.2, 0.25) is 0 Å². The second-order valence-corrected chi connectivity index (χ2v) is 10.0. The van der Waals surface area contributed by atoms with Gasteiger partial charge in [-0.1, -0.05) is 57.0 Å². The van der Waals surface area contributed by atoms with E-state index in [0.29, 0.717) is 23.7 Å². The predicted molar refractivity (Wildman–Crippen MR) is 148 cm³/mol. The number of nitrogens with one attached hydrogen (secondary N) is 1. The van der Waals surface area contributed by atoms with E-state index in [1.165, 1.54) is 30.7 Å². The standard InChI is InChI=1S/C32H40FN3/c1-7-14-27-26(8-2)32(28(9-3)35-19-11-10-12-20-35)36-23(5)17-18-29(36)30(27)24(6)34-21-25-16-13-15-22(4)31(25)33/h8,13-16,23,34H,2-3,6-7,10-12,17-21H2,1,4-5H3/b27-14-. The summed E-state index contributed by atoms with van der Waals surface area (Å²) in [6.45, 7) is 21.5. The van der Waals surface area contributed by atoms with Gasteiger partial charge in [-0.2, -0.15) is 0 Å². The molecule has 0 aliphatic carbocycles. The fraction of sp³-hybridized carbons (Fsp3) is 0.406. The third-order valence-electron chi connectivity index (χ3n) is 7.62. The van der Waals surface area contributed by atoms with Gasteiger partial charge in [0.2, 0.25) is 0 Å². The predicted octanol–water partition coefficient (Wildman–Crippen LogP) is 7.42. The monoisotopic (exact) mass is 485 g/mol. The van der Waals surface area contributed by atoms with Crippen molar-refractivity contribution in [3.63, 3.8) is 0 Å². The number of aryl methyl sites for hydroxylation is 1. The van der Waals surface area contributed by atoms with Crippen molar-refractivity contribution in [2.75, 3.05) is 13.1 Å². The van der Waals surface area contributed by atoms with Gasteiger partial charge in [-0.15, -0.1) is 5.73 Å². The molecule has 2 fully saturated rings. The van der Waals surface area contributed by atoms with Gasteiger partial charge in [0.15, 0.2) is 0 Å². The summed E-state index contributed by atoms with van der Waals surface area (Å²) < 4.78 is 14.7. The van der Waals surface area contributed by atoms with Crippen LogP contribution in [0, 0.1) is 12.7 Å². The lowest BCUT2D eigenvalue weighted by molar-refractivity contribution is 0.267. The highest BCUT2D eigenvalue weighted by atomic mass is 19.1. The number of hydrogen-bond acceptors (Lipinski definition) is 3. The maximum absolute atomic E-state index is 14.7. The molecule has 1 aromatic rings. The quantitative estimate of drug-likeness (QED) is 0.387. The van der Waals surface area contributed by atoms with Gasteiger partial charge < -0.3 is 15.1 Å². The Hall–Kier alpha value is -3.23. The summed E-state index contributed by atoms with van der Waals surface area (Å²) in [6, 6.07) is 5.88. The molecular weight excluding hydrogens is 445 g/mol. The Morgan fingerprint density at radius 1 is 1.25 bits per heavy atom. The van der Waals surface area contributed by atoms with Crippen LogP contribution in [0.5, 0.6) is 0 Å². The Balaban J connectivity index is 1.77. The third kappa shape index (κ3) is 4.75. The van der Waals surface area contributed by atoms with Crippen molar-refractivity contribution < 1.29 is 4.39 Å². The number of benzene rings is 1. The van der Waals surface area contributed by atoms with Gasteiger partial charge in [0.1, 0.15) is 11.5 Å². The summed E-state index contributed by atoms with van der Waals surface area (Å²) in [5.41, 5.74) is 12.3. The van der Waals surface area contributed by atoms with Crippen molar-refractivity contribution in [3.05, 3.63) is 112 Å². The molecule has 3 heterocycles. The van der Waals surface area contributed by atoms with E-state index < -0.39 is 0 Å². The second kappa shape index (κ2) is 11.2. The topological polar surface area (TPSA) is 18.5 Å². The maximum atomic E-state index is 14.7. The number of likely N-dealkylation sites (tertiary alicyclic amines) is 1. The molecule has 3 aliphatic heterocycles. The van der Waals surface area contributed by atoms with Crippen molar-refractivity contribution >= 4 is 0 Å². The highest BCUT2D eigenvalue weighted by molar-refractivity contribution is 5.67. The number of allylic oxidation sites excluding steroid dienone is 5. The molecule has 190 valence electrons. The van der Waals surface area contributed by atoms with Gasteiger partial charge in [-0.3, -0.25) is 0 Å². The van der Waals surface area contributed by atoms with Crippen molar-refractivity contribution in [2.24, 2.45) is 0 Å². The lowest BCUT2D eigenvalue weighted by Crippen LogP contribution is -2.38. The SMILES string of the molecule is C=C=C(C1=C(C=C)/C(=C/CC)C(C(=C)NCc2cccc(C)c2F)=C2CCC(C)N21)N1CCCCC1. The Bertz CT molecular complexity index is 1190. The zero-order valence-electron chi connectivity index (χ0n) is 22.2. The first-order chi connectivity index (χ1) is 17.4. The van der Waals surface area contributed by atoms with Gasteiger partial charge in [0.25, 0.3) is 0 Å². The zero-order chi connectivity index (χ0) is 25.8. The molecule has 2 saturated heterocycles. The number of piperidine rings is 1. The van der Waals surface area contributed by atoms with Crippen molar-refractivity contribution in [1.82, 2.24) is 15.1 Å². The van der Waals surface area contributed by atoms with E-state index in [2.05, 4.69) is 60.5 Å². The van der Waals surface area contributed by atoms with Gasteiger partial charge in [0.05, 0.1) is 5.70 Å². The van der Waals surface area contributed by atoms with Crippen molar-refractivity contribution in [2.45, 2.75) is 71.9 Å². The van der Waals surface area contributed by atoms with Crippen LogP contribution >= 0.6 is 0 Å². The average Bonchev–Trinajstić information content (AvgIpc) is 3.26. The smallest absolute Gasteiger partial charge is 0.131 e. The van der Waals surface area contributed by atoms with Crippen LogP contribution in [0.15, 0.2) is 95.3 Å². The van der Waals surface area contributed by atoms with Gasteiger partial charge in [0, 0.05) is 53.8 Å². The van der Waals surface area contributed by atoms with E-state index in [4.69, 9.17) is 0 Å². The van der Waals surface area contributed by atoms with E-state index in [0.717, 1.165) is 60.5 Å². The average molecular weight is 486 g/mol. The third-order valence-corrected chi connectivity index (χ3v) is 7.62. The molecule has 1 aromatic carbocycles. The van der Waals surface area contributed by atoms with Crippen molar-refractivity contribution in [3.8, 4) is 0 Å².